The van der Waals surface area contributed by atoms with Crippen LogP contribution in [0.2, 0.25) is 0 Å². The molecule has 0 unspecified atom stereocenters. The van der Waals surface area contributed by atoms with E-state index in [0.717, 1.165) is 18.1 Å². The first-order chi connectivity index (χ1) is 7.90. The van der Waals surface area contributed by atoms with Crippen molar-refractivity contribution in [2.75, 3.05) is 6.54 Å². The third-order valence-electron chi connectivity index (χ3n) is 2.33. The first-order valence-corrected chi connectivity index (χ1v) is 7.34. The Balaban J connectivity index is 1.88. The summed E-state index contributed by atoms with van der Waals surface area (Å²) in [4.78, 5) is 5.76. The summed E-state index contributed by atoms with van der Waals surface area (Å²) in [6, 6.07) is 2.12. The average molecular weight is 252 g/mol. The van der Waals surface area contributed by atoms with Crippen molar-refractivity contribution in [2.24, 2.45) is 0 Å². The maximum atomic E-state index is 4.44. The fourth-order valence-corrected chi connectivity index (χ4v) is 3.02. The number of hydrogen-bond acceptors (Lipinski definition) is 4. The molecule has 2 aromatic heterocycles. The summed E-state index contributed by atoms with van der Waals surface area (Å²) in [5, 5.41) is 8.81. The second kappa shape index (κ2) is 6.13. The molecule has 0 amide bonds. The van der Waals surface area contributed by atoms with Crippen molar-refractivity contribution in [1.29, 1.82) is 0 Å². The van der Waals surface area contributed by atoms with Gasteiger partial charge in [0, 0.05) is 28.6 Å². The summed E-state index contributed by atoms with van der Waals surface area (Å²) >= 11 is 3.50. The van der Waals surface area contributed by atoms with E-state index in [0.29, 0.717) is 0 Å². The molecule has 2 aromatic rings. The molecule has 0 aliphatic rings. The lowest BCUT2D eigenvalue weighted by Gasteiger charge is -1.99. The van der Waals surface area contributed by atoms with Crippen molar-refractivity contribution in [3.63, 3.8) is 0 Å². The van der Waals surface area contributed by atoms with E-state index in [1.807, 2.05) is 6.20 Å². The Morgan fingerprint density at radius 3 is 3.12 bits per heavy atom. The maximum absolute atomic E-state index is 4.44. The molecule has 0 aromatic carbocycles. The monoisotopic (exact) mass is 252 g/mol. The lowest BCUT2D eigenvalue weighted by molar-refractivity contribution is 0.645. The largest absolute Gasteiger partial charge is 0.312 e. The minimum absolute atomic E-state index is 0.946. The molecule has 0 saturated carbocycles. The molecule has 0 atom stereocenters. The van der Waals surface area contributed by atoms with Gasteiger partial charge in [-0.1, -0.05) is 13.3 Å². The first-order valence-electron chi connectivity index (χ1n) is 5.58. The number of rotatable bonds is 6. The lowest BCUT2D eigenvalue weighted by atomic mass is 10.3. The molecule has 0 aliphatic heterocycles. The molecule has 1 N–H and O–H groups in total. The molecule has 2 rings (SSSR count). The molecule has 2 heterocycles. The van der Waals surface area contributed by atoms with Gasteiger partial charge < -0.3 is 5.32 Å². The Hall–Kier alpha value is -0.710. The van der Waals surface area contributed by atoms with E-state index in [2.05, 4.69) is 34.1 Å². The molecule has 0 saturated heterocycles. The molecule has 4 heteroatoms. The molecular formula is C12H16N2S2. The highest BCUT2D eigenvalue weighted by molar-refractivity contribution is 7.15. The number of hydrogen-bond donors (Lipinski definition) is 1. The van der Waals surface area contributed by atoms with Gasteiger partial charge in [-0.05, 0) is 24.4 Å². The minimum Gasteiger partial charge on any atom is -0.312 e. The van der Waals surface area contributed by atoms with Gasteiger partial charge in [0.2, 0.25) is 0 Å². The van der Waals surface area contributed by atoms with Crippen molar-refractivity contribution in [1.82, 2.24) is 10.3 Å². The predicted molar refractivity (Wildman–Crippen MR) is 72.0 cm³/mol. The second-order valence-electron chi connectivity index (χ2n) is 3.67. The van der Waals surface area contributed by atoms with E-state index in [9.17, 15) is 0 Å². The van der Waals surface area contributed by atoms with Gasteiger partial charge >= 0.3 is 0 Å². The smallest absolute Gasteiger partial charge is 0.124 e. The fraction of sp³-hybridized carbons (Fsp3) is 0.417. The van der Waals surface area contributed by atoms with Gasteiger partial charge in [-0.3, -0.25) is 0 Å². The Kier molecular flexibility index (Phi) is 4.51. The van der Waals surface area contributed by atoms with E-state index >= 15 is 0 Å². The van der Waals surface area contributed by atoms with Crippen LogP contribution in [0, 0.1) is 0 Å². The van der Waals surface area contributed by atoms with Crippen LogP contribution in [0.25, 0.3) is 10.6 Å². The van der Waals surface area contributed by atoms with Gasteiger partial charge in [-0.25, -0.2) is 4.98 Å². The standard InChI is InChI=1S/C12H16N2S2/c1-2-3-5-13-7-11-8-14-12(16-11)10-4-6-15-9-10/h4,6,8-9,13H,2-3,5,7H2,1H3. The highest BCUT2D eigenvalue weighted by Crippen LogP contribution is 2.26. The van der Waals surface area contributed by atoms with Crippen molar-refractivity contribution in [2.45, 2.75) is 26.3 Å². The first kappa shape index (κ1) is 11.8. The molecule has 0 aliphatic carbocycles. The Morgan fingerprint density at radius 2 is 2.38 bits per heavy atom. The normalized spacial score (nSPS) is 10.8. The number of unbranched alkanes of at least 4 members (excludes halogenated alkanes) is 1. The van der Waals surface area contributed by atoms with E-state index in [-0.39, 0.29) is 0 Å². The third kappa shape index (κ3) is 3.14. The highest BCUT2D eigenvalue weighted by Gasteiger charge is 2.04. The summed E-state index contributed by atoms with van der Waals surface area (Å²) in [6.45, 7) is 4.26. The van der Waals surface area contributed by atoms with Crippen molar-refractivity contribution >= 4 is 22.7 Å². The van der Waals surface area contributed by atoms with Crippen LogP contribution in [0.1, 0.15) is 24.6 Å². The fourth-order valence-electron chi connectivity index (χ4n) is 1.42. The van der Waals surface area contributed by atoms with Crippen LogP contribution in [0.15, 0.2) is 23.0 Å². The Bertz CT molecular complexity index is 406. The Labute approximate surface area is 104 Å². The molecule has 86 valence electrons. The van der Waals surface area contributed by atoms with Crippen molar-refractivity contribution < 1.29 is 0 Å². The topological polar surface area (TPSA) is 24.9 Å². The van der Waals surface area contributed by atoms with Crippen molar-refractivity contribution in [3.8, 4) is 10.6 Å². The zero-order valence-corrected chi connectivity index (χ0v) is 11.0. The summed E-state index contributed by atoms with van der Waals surface area (Å²) < 4.78 is 0. The third-order valence-corrected chi connectivity index (χ3v) is 4.06. The van der Waals surface area contributed by atoms with E-state index in [4.69, 9.17) is 0 Å². The quantitative estimate of drug-likeness (QED) is 0.792. The van der Waals surface area contributed by atoms with E-state index in [1.54, 1.807) is 22.7 Å². The summed E-state index contributed by atoms with van der Waals surface area (Å²) in [5.41, 5.74) is 1.25. The second-order valence-corrected chi connectivity index (χ2v) is 5.57. The summed E-state index contributed by atoms with van der Waals surface area (Å²) in [7, 11) is 0. The van der Waals surface area contributed by atoms with Gasteiger partial charge in [0.25, 0.3) is 0 Å². The Morgan fingerprint density at radius 1 is 1.44 bits per heavy atom. The molecule has 0 spiro atoms. The average Bonchev–Trinajstić information content (AvgIpc) is 2.94. The number of aromatic nitrogens is 1. The van der Waals surface area contributed by atoms with Gasteiger partial charge in [-0.15, -0.1) is 11.3 Å². The SMILES string of the molecule is CCCCNCc1cnc(-c2ccsc2)s1. The van der Waals surface area contributed by atoms with E-state index in [1.165, 1.54) is 23.3 Å². The number of thiazole rings is 1. The minimum atomic E-state index is 0.946. The maximum Gasteiger partial charge on any atom is 0.124 e. The van der Waals surface area contributed by atoms with Gasteiger partial charge in [0.15, 0.2) is 0 Å². The van der Waals surface area contributed by atoms with Crippen LogP contribution >= 0.6 is 22.7 Å². The lowest BCUT2D eigenvalue weighted by Crippen LogP contribution is -2.13. The van der Waals surface area contributed by atoms with Crippen LogP contribution in [0.3, 0.4) is 0 Å². The molecule has 0 bridgehead atoms. The number of thiophene rings is 1. The van der Waals surface area contributed by atoms with Gasteiger partial charge in [0.1, 0.15) is 5.01 Å². The van der Waals surface area contributed by atoms with Crippen molar-refractivity contribution in [3.05, 3.63) is 27.9 Å². The van der Waals surface area contributed by atoms with E-state index < -0.39 is 0 Å². The molecule has 2 nitrogen and oxygen atoms in total. The zero-order chi connectivity index (χ0) is 11.2. The molecular weight excluding hydrogens is 236 g/mol. The van der Waals surface area contributed by atoms with Gasteiger partial charge in [0.05, 0.1) is 0 Å². The number of nitrogens with zero attached hydrogens (tertiary/aromatic N) is 1. The van der Waals surface area contributed by atoms with Gasteiger partial charge in [-0.2, -0.15) is 11.3 Å². The molecule has 16 heavy (non-hydrogen) atoms. The van der Waals surface area contributed by atoms with Crippen LogP contribution in [0.4, 0.5) is 0 Å². The predicted octanol–water partition coefficient (Wildman–Crippen LogP) is 3.76. The summed E-state index contributed by atoms with van der Waals surface area (Å²) in [5.74, 6) is 0. The molecule has 0 fully saturated rings. The summed E-state index contributed by atoms with van der Waals surface area (Å²) in [6.07, 6.45) is 4.47. The number of nitrogens with one attached hydrogen (secondary N) is 1. The van der Waals surface area contributed by atoms with Crippen LogP contribution in [0.5, 0.6) is 0 Å². The highest BCUT2D eigenvalue weighted by atomic mass is 32.1. The molecule has 0 radical (unpaired) electrons. The zero-order valence-electron chi connectivity index (χ0n) is 9.40. The van der Waals surface area contributed by atoms with Crippen LogP contribution in [-0.4, -0.2) is 11.5 Å². The van der Waals surface area contributed by atoms with Crippen LogP contribution < -0.4 is 5.32 Å². The van der Waals surface area contributed by atoms with Crippen LogP contribution in [-0.2, 0) is 6.54 Å².